The van der Waals surface area contributed by atoms with E-state index in [-0.39, 0.29) is 6.04 Å². The molecule has 1 aliphatic rings. The van der Waals surface area contributed by atoms with E-state index >= 15 is 0 Å². The van der Waals surface area contributed by atoms with Gasteiger partial charge in [0.25, 0.3) is 0 Å². The topological polar surface area (TPSA) is 43.1 Å². The summed E-state index contributed by atoms with van der Waals surface area (Å²) in [7, 11) is 0. The third kappa shape index (κ3) is 1.43. The minimum atomic E-state index is 0.233. The van der Waals surface area contributed by atoms with Crippen molar-refractivity contribution in [2.24, 2.45) is 4.99 Å². The van der Waals surface area contributed by atoms with Gasteiger partial charge in [-0.3, -0.25) is 0 Å². The molecule has 0 aliphatic carbocycles. The zero-order valence-electron chi connectivity index (χ0n) is 9.04. The molecule has 4 nitrogen and oxygen atoms in total. The average Bonchev–Trinajstić information content (AvgIpc) is 2.77. The molecule has 16 heavy (non-hydrogen) atoms. The first-order chi connectivity index (χ1) is 7.84. The quantitative estimate of drug-likeness (QED) is 0.728. The number of fused-ring (bicyclic) bond motifs is 1. The maximum Gasteiger partial charge on any atom is 0.248 e. The Morgan fingerprint density at radius 3 is 2.88 bits per heavy atom. The number of hydrogen-bond donors (Lipinski definition) is 0. The number of nitrogens with zero attached hydrogens (tertiary/aromatic N) is 4. The number of rotatable bonds is 1. The van der Waals surface area contributed by atoms with Crippen LogP contribution < -0.4 is 0 Å². The van der Waals surface area contributed by atoms with Gasteiger partial charge in [0.2, 0.25) is 5.95 Å². The van der Waals surface area contributed by atoms with Gasteiger partial charge < -0.3 is 0 Å². The first-order valence-corrected chi connectivity index (χ1v) is 5.33. The van der Waals surface area contributed by atoms with E-state index in [0.29, 0.717) is 5.95 Å². The van der Waals surface area contributed by atoms with Crippen LogP contribution in [0.1, 0.15) is 24.9 Å². The van der Waals surface area contributed by atoms with Crippen molar-refractivity contribution in [3.8, 4) is 0 Å². The van der Waals surface area contributed by atoms with Crippen LogP contribution in [-0.4, -0.2) is 20.5 Å². The van der Waals surface area contributed by atoms with Crippen molar-refractivity contribution in [3.63, 3.8) is 0 Å². The van der Waals surface area contributed by atoms with Crippen LogP contribution >= 0.6 is 0 Å². The largest absolute Gasteiger partial charge is 0.248 e. The third-order valence-corrected chi connectivity index (χ3v) is 2.81. The van der Waals surface area contributed by atoms with Gasteiger partial charge in [0.1, 0.15) is 6.33 Å². The molecule has 1 atom stereocenters. The summed E-state index contributed by atoms with van der Waals surface area (Å²) in [5, 5.41) is 4.25. The fourth-order valence-corrected chi connectivity index (χ4v) is 2.06. The molecule has 1 aliphatic heterocycles. The van der Waals surface area contributed by atoms with Crippen LogP contribution in [0.15, 0.2) is 41.7 Å². The highest BCUT2D eigenvalue weighted by molar-refractivity contribution is 5.85. The Bertz CT molecular complexity index is 527. The van der Waals surface area contributed by atoms with Crippen molar-refractivity contribution in [3.05, 3.63) is 42.2 Å². The van der Waals surface area contributed by atoms with Gasteiger partial charge in [-0.25, -0.2) is 9.67 Å². The lowest BCUT2D eigenvalue weighted by Crippen LogP contribution is -2.18. The van der Waals surface area contributed by atoms with E-state index in [1.165, 1.54) is 5.56 Å². The molecule has 0 bridgehead atoms. The number of aromatic nitrogens is 3. The van der Waals surface area contributed by atoms with Crippen molar-refractivity contribution in [2.45, 2.75) is 19.4 Å². The van der Waals surface area contributed by atoms with Crippen molar-refractivity contribution in [1.82, 2.24) is 14.8 Å². The summed E-state index contributed by atoms with van der Waals surface area (Å²) in [4.78, 5) is 8.53. The van der Waals surface area contributed by atoms with Gasteiger partial charge >= 0.3 is 0 Å². The molecule has 0 radical (unpaired) electrons. The average molecular weight is 212 g/mol. The molecule has 0 saturated carbocycles. The second-order valence-electron chi connectivity index (χ2n) is 3.98. The van der Waals surface area contributed by atoms with E-state index in [4.69, 9.17) is 0 Å². The summed E-state index contributed by atoms with van der Waals surface area (Å²) in [6, 6.07) is 10.6. The number of aliphatic imine (C=N–C) groups is 1. The SMILES string of the molecule is CC1=Nc2ncnn2C(c2ccccc2)C1. The molecule has 0 fully saturated rings. The van der Waals surface area contributed by atoms with Crippen molar-refractivity contribution < 1.29 is 0 Å². The van der Waals surface area contributed by atoms with E-state index < -0.39 is 0 Å². The predicted octanol–water partition coefficient (Wildman–Crippen LogP) is 2.36. The van der Waals surface area contributed by atoms with Crippen LogP contribution in [0.3, 0.4) is 0 Å². The molecule has 4 heteroatoms. The van der Waals surface area contributed by atoms with Crippen LogP contribution in [0, 0.1) is 0 Å². The Hall–Kier alpha value is -1.97. The summed E-state index contributed by atoms with van der Waals surface area (Å²) < 4.78 is 1.89. The first kappa shape index (κ1) is 9.27. The monoisotopic (exact) mass is 212 g/mol. The summed E-state index contributed by atoms with van der Waals surface area (Å²) in [6.07, 6.45) is 2.47. The van der Waals surface area contributed by atoms with Crippen molar-refractivity contribution in [2.75, 3.05) is 0 Å². The van der Waals surface area contributed by atoms with Crippen LogP contribution in [0.5, 0.6) is 0 Å². The molecule has 0 saturated heterocycles. The molecule has 3 rings (SSSR count). The van der Waals surface area contributed by atoms with Crippen LogP contribution in [-0.2, 0) is 0 Å². The van der Waals surface area contributed by atoms with E-state index in [9.17, 15) is 0 Å². The maximum absolute atomic E-state index is 4.39. The standard InChI is InChI=1S/C12H12N4/c1-9-7-11(10-5-3-2-4-6-10)16-12(15-9)13-8-14-16/h2-6,8,11H,7H2,1H3. The Kier molecular flexibility index (Phi) is 2.06. The molecule has 1 aromatic heterocycles. The van der Waals surface area contributed by atoms with E-state index in [1.54, 1.807) is 6.33 Å². The molecule has 2 aromatic rings. The second kappa shape index (κ2) is 3.56. The van der Waals surface area contributed by atoms with E-state index in [1.807, 2.05) is 29.8 Å². The summed E-state index contributed by atoms with van der Waals surface area (Å²) in [6.45, 7) is 2.04. The highest BCUT2D eigenvalue weighted by atomic mass is 15.4. The second-order valence-corrected chi connectivity index (χ2v) is 3.98. The highest BCUT2D eigenvalue weighted by Crippen LogP contribution is 2.29. The normalized spacial score (nSPS) is 19.1. The summed E-state index contributed by atoms with van der Waals surface area (Å²) >= 11 is 0. The Morgan fingerprint density at radius 1 is 1.25 bits per heavy atom. The Labute approximate surface area is 93.7 Å². The summed E-state index contributed by atoms with van der Waals surface area (Å²) in [5.41, 5.74) is 2.36. The first-order valence-electron chi connectivity index (χ1n) is 5.33. The van der Waals surface area contributed by atoms with Crippen LogP contribution in [0.4, 0.5) is 5.95 Å². The molecular formula is C12H12N4. The lowest BCUT2D eigenvalue weighted by atomic mass is 10.0. The third-order valence-electron chi connectivity index (χ3n) is 2.81. The fourth-order valence-electron chi connectivity index (χ4n) is 2.06. The Morgan fingerprint density at radius 2 is 2.06 bits per heavy atom. The zero-order valence-corrected chi connectivity index (χ0v) is 9.04. The Balaban J connectivity index is 2.09. The number of benzene rings is 1. The molecule has 80 valence electrons. The van der Waals surface area contributed by atoms with E-state index in [0.717, 1.165) is 12.1 Å². The molecule has 2 heterocycles. The minimum Gasteiger partial charge on any atom is -0.222 e. The van der Waals surface area contributed by atoms with E-state index in [2.05, 4.69) is 27.2 Å². The molecule has 0 amide bonds. The van der Waals surface area contributed by atoms with Gasteiger partial charge in [-0.05, 0) is 12.5 Å². The maximum atomic E-state index is 4.39. The minimum absolute atomic E-state index is 0.233. The molecule has 0 spiro atoms. The van der Waals surface area contributed by atoms with Gasteiger partial charge in [-0.2, -0.15) is 10.1 Å². The van der Waals surface area contributed by atoms with Crippen LogP contribution in [0.25, 0.3) is 0 Å². The fraction of sp³-hybridized carbons (Fsp3) is 0.250. The van der Waals surface area contributed by atoms with Gasteiger partial charge in [0, 0.05) is 12.1 Å². The summed E-state index contributed by atoms with van der Waals surface area (Å²) in [5.74, 6) is 0.706. The number of hydrogen-bond acceptors (Lipinski definition) is 3. The molecular weight excluding hydrogens is 200 g/mol. The van der Waals surface area contributed by atoms with Crippen molar-refractivity contribution in [1.29, 1.82) is 0 Å². The van der Waals surface area contributed by atoms with Gasteiger partial charge in [-0.15, -0.1) is 0 Å². The lowest BCUT2D eigenvalue weighted by molar-refractivity contribution is 0.530. The zero-order chi connectivity index (χ0) is 11.0. The van der Waals surface area contributed by atoms with Crippen LogP contribution in [0.2, 0.25) is 0 Å². The lowest BCUT2D eigenvalue weighted by Gasteiger charge is -2.22. The predicted molar refractivity (Wildman–Crippen MR) is 62.0 cm³/mol. The molecule has 0 N–H and O–H groups in total. The smallest absolute Gasteiger partial charge is 0.222 e. The van der Waals surface area contributed by atoms with Gasteiger partial charge in [-0.1, -0.05) is 30.3 Å². The molecule has 1 unspecified atom stereocenters. The molecule has 1 aromatic carbocycles. The van der Waals surface area contributed by atoms with Crippen molar-refractivity contribution >= 4 is 11.7 Å². The van der Waals surface area contributed by atoms with Gasteiger partial charge in [0.05, 0.1) is 6.04 Å². The highest BCUT2D eigenvalue weighted by Gasteiger charge is 2.22. The van der Waals surface area contributed by atoms with Gasteiger partial charge in [0.15, 0.2) is 0 Å².